The largest absolute Gasteiger partial charge is 0.495 e. The molecule has 0 saturated heterocycles. The Balaban J connectivity index is 2.23. The molecule has 106 valence electrons. The van der Waals surface area contributed by atoms with E-state index >= 15 is 0 Å². The molecule has 2 aromatic carbocycles. The molecule has 1 N–H and O–H groups in total. The number of hydrogen-bond donors (Lipinski definition) is 1. The Hall–Kier alpha value is -1.07. The maximum atomic E-state index is 13.8. The van der Waals surface area contributed by atoms with Gasteiger partial charge >= 0.3 is 0 Å². The van der Waals surface area contributed by atoms with Gasteiger partial charge < -0.3 is 10.1 Å². The molecule has 0 heterocycles. The lowest BCUT2D eigenvalue weighted by Gasteiger charge is -2.17. The predicted octanol–water partition coefficient (Wildman–Crippen LogP) is 5.53. The third kappa shape index (κ3) is 3.52. The van der Waals surface area contributed by atoms with Crippen LogP contribution in [0.4, 0.5) is 10.1 Å². The molecule has 0 amide bonds. The lowest BCUT2D eigenvalue weighted by Crippen LogP contribution is -2.08. The van der Waals surface area contributed by atoms with Crippen molar-refractivity contribution in [3.05, 3.63) is 56.7 Å². The van der Waals surface area contributed by atoms with Crippen molar-refractivity contribution >= 4 is 37.5 Å². The number of methoxy groups -OCH3 is 1. The van der Waals surface area contributed by atoms with Crippen LogP contribution in [0.3, 0.4) is 0 Å². The molecule has 0 saturated carbocycles. The minimum atomic E-state index is -0.225. The molecule has 5 heteroatoms. The van der Waals surface area contributed by atoms with E-state index in [0.29, 0.717) is 5.56 Å². The highest BCUT2D eigenvalue weighted by molar-refractivity contribution is 9.10. The zero-order valence-electron chi connectivity index (χ0n) is 11.1. The van der Waals surface area contributed by atoms with Crippen LogP contribution in [0.2, 0.25) is 0 Å². The number of benzene rings is 2. The van der Waals surface area contributed by atoms with Crippen molar-refractivity contribution in [1.29, 1.82) is 0 Å². The first kappa shape index (κ1) is 15.3. The molecule has 20 heavy (non-hydrogen) atoms. The van der Waals surface area contributed by atoms with Crippen molar-refractivity contribution in [3.8, 4) is 5.75 Å². The summed E-state index contributed by atoms with van der Waals surface area (Å²) >= 11 is 6.77. The summed E-state index contributed by atoms with van der Waals surface area (Å²) in [5.41, 5.74) is 1.48. The van der Waals surface area contributed by atoms with Gasteiger partial charge in [0.05, 0.1) is 17.6 Å². The van der Waals surface area contributed by atoms with Gasteiger partial charge in [-0.15, -0.1) is 0 Å². The first-order chi connectivity index (χ1) is 9.51. The Bertz CT molecular complexity index is 619. The van der Waals surface area contributed by atoms with E-state index in [0.717, 1.165) is 20.4 Å². The fraction of sp³-hybridized carbons (Fsp3) is 0.200. The zero-order chi connectivity index (χ0) is 14.7. The molecule has 0 aliphatic heterocycles. The molecule has 0 radical (unpaired) electrons. The minimum absolute atomic E-state index is 0.154. The van der Waals surface area contributed by atoms with Crippen LogP contribution in [0.1, 0.15) is 18.5 Å². The molecule has 2 rings (SSSR count). The van der Waals surface area contributed by atoms with E-state index in [1.54, 1.807) is 19.2 Å². The Labute approximate surface area is 134 Å². The van der Waals surface area contributed by atoms with Gasteiger partial charge in [-0.2, -0.15) is 0 Å². The van der Waals surface area contributed by atoms with E-state index in [4.69, 9.17) is 4.74 Å². The minimum Gasteiger partial charge on any atom is -0.495 e. The van der Waals surface area contributed by atoms with Crippen molar-refractivity contribution in [2.45, 2.75) is 13.0 Å². The maximum absolute atomic E-state index is 13.8. The fourth-order valence-corrected chi connectivity index (χ4v) is 2.71. The molecule has 2 nitrogen and oxygen atoms in total. The number of rotatable bonds is 4. The van der Waals surface area contributed by atoms with Crippen molar-refractivity contribution in [2.75, 3.05) is 12.4 Å². The van der Waals surface area contributed by atoms with Crippen LogP contribution >= 0.6 is 31.9 Å². The number of halogens is 3. The van der Waals surface area contributed by atoms with Gasteiger partial charge in [-0.3, -0.25) is 0 Å². The van der Waals surface area contributed by atoms with Crippen molar-refractivity contribution in [1.82, 2.24) is 0 Å². The quantitative estimate of drug-likeness (QED) is 0.725. The number of nitrogens with one attached hydrogen (secondary N) is 1. The fourth-order valence-electron chi connectivity index (χ4n) is 1.92. The van der Waals surface area contributed by atoms with Crippen LogP contribution < -0.4 is 10.1 Å². The lowest BCUT2D eigenvalue weighted by molar-refractivity contribution is 0.412. The van der Waals surface area contributed by atoms with Gasteiger partial charge in [-0.1, -0.05) is 15.9 Å². The Morgan fingerprint density at radius 3 is 2.60 bits per heavy atom. The first-order valence-electron chi connectivity index (χ1n) is 6.06. The third-order valence-corrected chi connectivity index (χ3v) is 4.11. The van der Waals surface area contributed by atoms with Gasteiger partial charge in [0.1, 0.15) is 11.6 Å². The molecule has 1 atom stereocenters. The van der Waals surface area contributed by atoms with Gasteiger partial charge in [-0.05, 0) is 53.2 Å². The summed E-state index contributed by atoms with van der Waals surface area (Å²) in [6, 6.07) is 10.5. The molecule has 0 fully saturated rings. The Morgan fingerprint density at radius 2 is 1.90 bits per heavy atom. The van der Waals surface area contributed by atoms with Crippen LogP contribution in [0.25, 0.3) is 0 Å². The first-order valence-corrected chi connectivity index (χ1v) is 7.65. The summed E-state index contributed by atoms with van der Waals surface area (Å²) in [4.78, 5) is 0. The van der Waals surface area contributed by atoms with Crippen LogP contribution in [0.5, 0.6) is 5.75 Å². The zero-order valence-corrected chi connectivity index (χ0v) is 14.3. The summed E-state index contributed by atoms with van der Waals surface area (Å²) < 4.78 is 20.8. The molecule has 0 spiro atoms. The molecule has 0 aromatic heterocycles. The van der Waals surface area contributed by atoms with Crippen LogP contribution in [-0.4, -0.2) is 7.11 Å². The van der Waals surface area contributed by atoms with E-state index in [1.165, 1.54) is 6.07 Å². The summed E-state index contributed by atoms with van der Waals surface area (Å²) in [5, 5.41) is 3.27. The number of ether oxygens (including phenoxy) is 1. The molecule has 1 unspecified atom stereocenters. The smallest absolute Gasteiger partial charge is 0.135 e. The highest BCUT2D eigenvalue weighted by atomic mass is 79.9. The van der Waals surface area contributed by atoms with Crippen LogP contribution in [-0.2, 0) is 0 Å². The van der Waals surface area contributed by atoms with Crippen molar-refractivity contribution in [3.63, 3.8) is 0 Å². The van der Waals surface area contributed by atoms with Gasteiger partial charge in [0.2, 0.25) is 0 Å². The maximum Gasteiger partial charge on any atom is 0.135 e. The van der Waals surface area contributed by atoms with Crippen molar-refractivity contribution in [2.24, 2.45) is 0 Å². The van der Waals surface area contributed by atoms with E-state index in [1.807, 2.05) is 25.1 Å². The van der Waals surface area contributed by atoms with Gasteiger partial charge in [0, 0.05) is 21.8 Å². The molecule has 2 aromatic rings. The Kier molecular flexibility index (Phi) is 5.05. The van der Waals surface area contributed by atoms with Gasteiger partial charge in [0.25, 0.3) is 0 Å². The van der Waals surface area contributed by atoms with Crippen LogP contribution in [0, 0.1) is 5.82 Å². The second-order valence-corrected chi connectivity index (χ2v) is 6.15. The highest BCUT2D eigenvalue weighted by Gasteiger charge is 2.12. The van der Waals surface area contributed by atoms with E-state index in [9.17, 15) is 4.39 Å². The third-order valence-electron chi connectivity index (χ3n) is 2.96. The monoisotopic (exact) mass is 401 g/mol. The summed E-state index contributed by atoms with van der Waals surface area (Å²) in [5.74, 6) is 0.509. The number of anilines is 1. The second kappa shape index (κ2) is 6.59. The van der Waals surface area contributed by atoms with E-state index in [2.05, 4.69) is 37.2 Å². The number of hydrogen-bond acceptors (Lipinski definition) is 2. The summed E-state index contributed by atoms with van der Waals surface area (Å²) in [7, 11) is 1.61. The summed E-state index contributed by atoms with van der Waals surface area (Å²) in [6.07, 6.45) is 0. The van der Waals surface area contributed by atoms with Gasteiger partial charge in [-0.25, -0.2) is 4.39 Å². The van der Waals surface area contributed by atoms with Gasteiger partial charge in [0.15, 0.2) is 0 Å². The standard InChI is InChI=1S/C15H14Br2FNO/c1-9(12-7-10(16)3-6-14(12)18)19-11-4-5-13(17)15(8-11)20-2/h3-9,19H,1-2H3. The molecule has 0 aliphatic carbocycles. The average molecular weight is 403 g/mol. The average Bonchev–Trinajstić information content (AvgIpc) is 2.43. The van der Waals surface area contributed by atoms with E-state index < -0.39 is 0 Å². The SMILES string of the molecule is COc1cc(NC(C)c2cc(Br)ccc2F)ccc1Br. The Morgan fingerprint density at radius 1 is 1.15 bits per heavy atom. The topological polar surface area (TPSA) is 21.3 Å². The molecule has 0 aliphatic rings. The molecular formula is C15H14Br2FNO. The highest BCUT2D eigenvalue weighted by Crippen LogP contribution is 2.30. The molecular weight excluding hydrogens is 389 g/mol. The van der Waals surface area contributed by atoms with Crippen molar-refractivity contribution < 1.29 is 9.13 Å². The normalized spacial score (nSPS) is 12.1. The van der Waals surface area contributed by atoms with E-state index in [-0.39, 0.29) is 11.9 Å². The lowest BCUT2D eigenvalue weighted by atomic mass is 10.1. The second-order valence-electron chi connectivity index (χ2n) is 4.38. The summed E-state index contributed by atoms with van der Waals surface area (Å²) in [6.45, 7) is 1.92. The van der Waals surface area contributed by atoms with Crippen LogP contribution in [0.15, 0.2) is 45.3 Å². The molecule has 0 bridgehead atoms. The predicted molar refractivity (Wildman–Crippen MR) is 86.8 cm³/mol.